The van der Waals surface area contributed by atoms with Gasteiger partial charge < -0.3 is 18.9 Å². The number of fused-ring (bicyclic) bond motifs is 1. The van der Waals surface area contributed by atoms with E-state index in [1.807, 2.05) is 60.0 Å². The minimum absolute atomic E-state index is 0.291. The molecule has 0 aliphatic carbocycles. The molecule has 1 aliphatic heterocycles. The summed E-state index contributed by atoms with van der Waals surface area (Å²) < 4.78 is 78.0. The number of nitrogens with zero attached hydrogens (tertiary/aromatic N) is 5. The van der Waals surface area contributed by atoms with Crippen LogP contribution in [0.2, 0.25) is 0 Å². The molecule has 0 spiro atoms. The molecule has 2 heterocycles. The van der Waals surface area contributed by atoms with E-state index in [0.29, 0.717) is 44.3 Å². The van der Waals surface area contributed by atoms with Crippen LogP contribution in [0.4, 0.5) is 18.9 Å². The summed E-state index contributed by atoms with van der Waals surface area (Å²) in [5.74, 6) is 1.05. The van der Waals surface area contributed by atoms with Crippen LogP contribution in [0.3, 0.4) is 0 Å². The number of anilines is 1. The van der Waals surface area contributed by atoms with Gasteiger partial charge in [0.15, 0.2) is 11.9 Å². The molecule has 42 heavy (non-hydrogen) atoms. The van der Waals surface area contributed by atoms with Gasteiger partial charge in [0.25, 0.3) is 10.2 Å². The monoisotopic (exact) mass is 603 g/mol. The third kappa shape index (κ3) is 6.63. The topological polar surface area (TPSA) is 80.1 Å². The largest absolute Gasteiger partial charge is 0.573 e. The van der Waals surface area contributed by atoms with Crippen molar-refractivity contribution >= 4 is 26.9 Å². The summed E-state index contributed by atoms with van der Waals surface area (Å²) in [7, 11) is -0.443. The Bertz CT molecular complexity index is 1620. The van der Waals surface area contributed by atoms with Gasteiger partial charge in [-0.15, -0.1) is 13.2 Å². The van der Waals surface area contributed by atoms with Gasteiger partial charge in [0, 0.05) is 52.5 Å². The van der Waals surface area contributed by atoms with Gasteiger partial charge in [-0.1, -0.05) is 30.3 Å². The molecule has 5 rings (SSSR count). The lowest BCUT2D eigenvalue weighted by molar-refractivity contribution is -0.274. The molecular weight excluding hydrogens is 571 g/mol. The molecule has 1 aromatic heterocycles. The fourth-order valence-electron chi connectivity index (χ4n) is 4.95. The summed E-state index contributed by atoms with van der Waals surface area (Å²) in [5, 5.41) is 0. The molecule has 224 valence electrons. The first-order valence-corrected chi connectivity index (χ1v) is 14.8. The lowest BCUT2D eigenvalue weighted by Crippen LogP contribution is -2.51. The van der Waals surface area contributed by atoms with Crippen LogP contribution in [0.5, 0.6) is 11.5 Å². The van der Waals surface area contributed by atoms with Crippen molar-refractivity contribution in [1.82, 2.24) is 18.2 Å². The second kappa shape index (κ2) is 11.8. The van der Waals surface area contributed by atoms with Crippen molar-refractivity contribution in [3.8, 4) is 11.5 Å². The number of rotatable bonds is 9. The Balaban J connectivity index is 1.46. The van der Waals surface area contributed by atoms with E-state index in [9.17, 15) is 21.6 Å². The summed E-state index contributed by atoms with van der Waals surface area (Å²) >= 11 is 0. The highest BCUT2D eigenvalue weighted by Gasteiger charge is 2.31. The maximum absolute atomic E-state index is 12.7. The number of alkyl halides is 3. The predicted molar refractivity (Wildman–Crippen MR) is 154 cm³/mol. The molecule has 9 nitrogen and oxygen atoms in total. The van der Waals surface area contributed by atoms with E-state index < -0.39 is 22.7 Å². The van der Waals surface area contributed by atoms with E-state index in [2.05, 4.69) is 9.64 Å². The summed E-state index contributed by atoms with van der Waals surface area (Å²) in [6.45, 7) is 3.99. The van der Waals surface area contributed by atoms with Gasteiger partial charge >= 0.3 is 6.36 Å². The molecule has 13 heteroatoms. The van der Waals surface area contributed by atoms with E-state index in [-0.39, 0.29) is 5.75 Å². The van der Waals surface area contributed by atoms with Crippen molar-refractivity contribution in [3.63, 3.8) is 0 Å². The fraction of sp³-hybridized carbons (Fsp3) is 0.345. The smallest absolute Gasteiger partial charge is 0.483 e. The van der Waals surface area contributed by atoms with Crippen LogP contribution in [0, 0.1) is 0 Å². The normalized spacial score (nSPS) is 15.7. The molecule has 1 saturated heterocycles. The molecule has 1 atom stereocenters. The molecule has 1 unspecified atom stereocenters. The molecule has 0 radical (unpaired) electrons. The zero-order chi connectivity index (χ0) is 30.1. The van der Waals surface area contributed by atoms with Crippen LogP contribution >= 0.6 is 0 Å². The highest BCUT2D eigenvalue weighted by molar-refractivity contribution is 7.86. The first-order valence-electron chi connectivity index (χ1n) is 13.4. The van der Waals surface area contributed by atoms with Gasteiger partial charge in [0.05, 0.1) is 11.0 Å². The molecule has 0 amide bonds. The predicted octanol–water partition coefficient (Wildman–Crippen LogP) is 5.05. The molecule has 0 saturated carbocycles. The molecule has 1 fully saturated rings. The molecule has 0 N–H and O–H groups in total. The lowest BCUT2D eigenvalue weighted by Gasteiger charge is -2.36. The number of piperazine rings is 1. The SMILES string of the molecule is CC(Oc1ccccc1)c1nc2ccc(N3CCN(S(=O)(=O)N(C)C)CC3)cc2n1Cc1ccc(OC(F)(F)F)cc1. The van der Waals surface area contributed by atoms with Crippen LogP contribution in [-0.2, 0) is 16.8 Å². The number of para-hydroxylation sites is 1. The first kappa shape index (κ1) is 29.7. The van der Waals surface area contributed by atoms with Crippen molar-refractivity contribution in [2.45, 2.75) is 25.9 Å². The Morgan fingerprint density at radius 1 is 0.929 bits per heavy atom. The van der Waals surface area contributed by atoms with E-state index in [0.717, 1.165) is 22.3 Å². The van der Waals surface area contributed by atoms with Crippen LogP contribution in [-0.4, -0.2) is 73.2 Å². The Hall–Kier alpha value is -3.81. The number of benzene rings is 3. The Morgan fingerprint density at radius 3 is 2.21 bits per heavy atom. The van der Waals surface area contributed by atoms with Gasteiger partial charge in [0.2, 0.25) is 0 Å². The zero-order valence-corrected chi connectivity index (χ0v) is 24.3. The van der Waals surface area contributed by atoms with Crippen LogP contribution in [0.1, 0.15) is 24.4 Å². The van der Waals surface area contributed by atoms with Gasteiger partial charge in [-0.2, -0.15) is 17.0 Å². The van der Waals surface area contributed by atoms with Crippen LogP contribution in [0.25, 0.3) is 11.0 Å². The fourth-order valence-corrected chi connectivity index (χ4v) is 6.03. The van der Waals surface area contributed by atoms with Gasteiger partial charge in [-0.25, -0.2) is 4.98 Å². The minimum atomic E-state index is -4.77. The first-order chi connectivity index (χ1) is 19.9. The van der Waals surface area contributed by atoms with Gasteiger partial charge in [-0.05, 0) is 55.0 Å². The Kier molecular flexibility index (Phi) is 8.35. The van der Waals surface area contributed by atoms with E-state index in [1.54, 1.807) is 12.1 Å². The minimum Gasteiger partial charge on any atom is -0.483 e. The quantitative estimate of drug-likeness (QED) is 0.267. The molecule has 1 aliphatic rings. The van der Waals surface area contributed by atoms with E-state index in [1.165, 1.54) is 34.8 Å². The van der Waals surface area contributed by atoms with Crippen molar-refractivity contribution < 1.29 is 31.1 Å². The van der Waals surface area contributed by atoms with Crippen molar-refractivity contribution in [3.05, 3.63) is 84.2 Å². The number of hydrogen-bond acceptors (Lipinski definition) is 6. The van der Waals surface area contributed by atoms with Crippen LogP contribution < -0.4 is 14.4 Å². The maximum atomic E-state index is 12.7. The van der Waals surface area contributed by atoms with E-state index in [4.69, 9.17) is 9.72 Å². The van der Waals surface area contributed by atoms with Crippen molar-refractivity contribution in [1.29, 1.82) is 0 Å². The van der Waals surface area contributed by atoms with Crippen molar-refractivity contribution in [2.75, 3.05) is 45.2 Å². The molecule has 0 bridgehead atoms. The molecule has 4 aromatic rings. The number of imidazole rings is 1. The van der Waals surface area contributed by atoms with Gasteiger partial charge in [0.1, 0.15) is 11.5 Å². The summed E-state index contributed by atoms with van der Waals surface area (Å²) in [6.07, 6.45) is -5.20. The maximum Gasteiger partial charge on any atom is 0.573 e. The highest BCUT2D eigenvalue weighted by atomic mass is 32.2. The van der Waals surface area contributed by atoms with E-state index >= 15 is 0 Å². The third-order valence-electron chi connectivity index (χ3n) is 7.07. The van der Waals surface area contributed by atoms with Gasteiger partial charge in [-0.3, -0.25) is 0 Å². The average Bonchev–Trinajstić information content (AvgIpc) is 3.31. The van der Waals surface area contributed by atoms with Crippen LogP contribution in [0.15, 0.2) is 72.8 Å². The Morgan fingerprint density at radius 2 is 1.60 bits per heavy atom. The number of hydrogen-bond donors (Lipinski definition) is 0. The third-order valence-corrected chi connectivity index (χ3v) is 9.01. The van der Waals surface area contributed by atoms with Crippen molar-refractivity contribution in [2.24, 2.45) is 0 Å². The summed E-state index contributed by atoms with van der Waals surface area (Å²) in [5.41, 5.74) is 3.24. The second-order valence-corrected chi connectivity index (χ2v) is 12.3. The number of aromatic nitrogens is 2. The average molecular weight is 604 g/mol. The lowest BCUT2D eigenvalue weighted by atomic mass is 10.2. The summed E-state index contributed by atoms with van der Waals surface area (Å²) in [6, 6.07) is 21.0. The highest BCUT2D eigenvalue weighted by Crippen LogP contribution is 2.30. The number of ether oxygens (including phenoxy) is 2. The Labute approximate surface area is 242 Å². The second-order valence-electron chi connectivity index (χ2n) is 10.2. The molecular formula is C29H32F3N5O4S. The standard InChI is InChI=1S/C29H32F3N5O4S/c1-21(40-24-7-5-4-6-8-24)28-33-26-14-11-23(35-15-17-36(18-16-35)42(38,39)34(2)3)19-27(26)37(28)20-22-9-12-25(13-10-22)41-29(30,31)32/h4-14,19,21H,15-18,20H2,1-3H3. The summed E-state index contributed by atoms with van der Waals surface area (Å²) in [4.78, 5) is 7.00. The molecule has 3 aromatic carbocycles. The number of halogens is 3. The zero-order valence-electron chi connectivity index (χ0n) is 23.5.